The number of nitrogens with zero attached hydrogens (tertiary/aromatic N) is 1. The summed E-state index contributed by atoms with van der Waals surface area (Å²) in [7, 11) is 1.31. The van der Waals surface area contributed by atoms with Gasteiger partial charge in [-0.25, -0.2) is 4.39 Å². The van der Waals surface area contributed by atoms with Gasteiger partial charge in [0.05, 0.1) is 29.4 Å². The second kappa shape index (κ2) is 7.67. The van der Waals surface area contributed by atoms with Gasteiger partial charge in [-0.1, -0.05) is 19.1 Å². The molecule has 0 radical (unpaired) electrons. The van der Waals surface area contributed by atoms with Crippen molar-refractivity contribution in [3.8, 4) is 11.5 Å². The minimum Gasteiger partial charge on any atom is -0.469 e. The summed E-state index contributed by atoms with van der Waals surface area (Å²) in [4.78, 5) is 25.3. The van der Waals surface area contributed by atoms with Gasteiger partial charge in [-0.05, 0) is 36.6 Å². The lowest BCUT2D eigenvalue weighted by atomic mass is 10.1. The van der Waals surface area contributed by atoms with E-state index in [2.05, 4.69) is 9.72 Å². The van der Waals surface area contributed by atoms with Crippen LogP contribution in [0, 0.1) is 22.9 Å². The summed E-state index contributed by atoms with van der Waals surface area (Å²) in [6, 6.07) is 7.59. The Morgan fingerprint density at radius 2 is 2.00 bits per heavy atom. The van der Waals surface area contributed by atoms with Gasteiger partial charge in [0.15, 0.2) is 5.82 Å². The molecule has 1 aromatic heterocycles. The van der Waals surface area contributed by atoms with E-state index < -0.39 is 10.7 Å². The van der Waals surface area contributed by atoms with E-state index in [1.807, 2.05) is 6.92 Å². The zero-order chi connectivity index (χ0) is 20.4. The molecule has 28 heavy (non-hydrogen) atoms. The number of halogens is 1. The Balaban J connectivity index is 2.06. The molecule has 1 N–H and O–H groups in total. The van der Waals surface area contributed by atoms with Gasteiger partial charge in [-0.15, -0.1) is 0 Å². The minimum atomic E-state index is -0.635. The fourth-order valence-electron chi connectivity index (χ4n) is 3.09. The number of nitrogens with one attached hydrogen (secondary N) is 1. The van der Waals surface area contributed by atoms with Crippen LogP contribution in [0.25, 0.3) is 10.9 Å². The highest BCUT2D eigenvalue weighted by Crippen LogP contribution is 2.40. The molecular formula is C20H19FN2O5. The van der Waals surface area contributed by atoms with Crippen LogP contribution in [0.15, 0.2) is 30.3 Å². The molecule has 0 saturated heterocycles. The van der Waals surface area contributed by atoms with Crippen molar-refractivity contribution in [3.05, 3.63) is 63.1 Å². The summed E-state index contributed by atoms with van der Waals surface area (Å²) in [5.41, 5.74) is 1.84. The highest BCUT2D eigenvalue weighted by Gasteiger charge is 2.25. The van der Waals surface area contributed by atoms with Gasteiger partial charge in [0.2, 0.25) is 5.75 Å². The Morgan fingerprint density at radius 3 is 2.64 bits per heavy atom. The average molecular weight is 386 g/mol. The van der Waals surface area contributed by atoms with Crippen molar-refractivity contribution in [2.24, 2.45) is 0 Å². The summed E-state index contributed by atoms with van der Waals surface area (Å²) < 4.78 is 24.9. The summed E-state index contributed by atoms with van der Waals surface area (Å²) in [6.07, 6.45) is 0.666. The quantitative estimate of drug-likeness (QED) is 0.380. The number of benzene rings is 2. The fourth-order valence-corrected chi connectivity index (χ4v) is 3.09. The Hall–Kier alpha value is -3.42. The number of hydrogen-bond acceptors (Lipinski definition) is 5. The topological polar surface area (TPSA) is 94.5 Å². The number of fused-ring (bicyclic) bond motifs is 1. The molecule has 0 amide bonds. The van der Waals surface area contributed by atoms with E-state index in [0.717, 1.165) is 17.2 Å². The maximum absolute atomic E-state index is 14.4. The van der Waals surface area contributed by atoms with Crippen LogP contribution in [0.5, 0.6) is 11.5 Å². The number of hydrogen-bond donors (Lipinski definition) is 1. The lowest BCUT2D eigenvalue weighted by Gasteiger charge is -2.12. The first-order chi connectivity index (χ1) is 13.3. The number of H-pyrrole nitrogens is 1. The number of aryl methyl sites for hydroxylation is 2. The zero-order valence-electron chi connectivity index (χ0n) is 15.7. The van der Waals surface area contributed by atoms with Gasteiger partial charge in [0, 0.05) is 11.8 Å². The molecule has 0 fully saturated rings. The Morgan fingerprint density at radius 1 is 1.25 bits per heavy atom. The zero-order valence-corrected chi connectivity index (χ0v) is 15.7. The Bertz CT molecular complexity index is 1070. The van der Waals surface area contributed by atoms with Crippen molar-refractivity contribution in [1.29, 1.82) is 0 Å². The minimum absolute atomic E-state index is 0.0701. The number of carbonyl (C=O) groups is 1. The maximum atomic E-state index is 14.4. The van der Waals surface area contributed by atoms with Crippen LogP contribution >= 0.6 is 0 Å². The number of rotatable bonds is 6. The molecule has 3 rings (SSSR count). The maximum Gasteiger partial charge on any atom is 0.321 e. The van der Waals surface area contributed by atoms with E-state index in [1.165, 1.54) is 13.2 Å². The van der Waals surface area contributed by atoms with Crippen molar-refractivity contribution >= 4 is 22.6 Å². The lowest BCUT2D eigenvalue weighted by Crippen LogP contribution is -2.05. The number of esters is 1. The second-order valence-corrected chi connectivity index (χ2v) is 6.35. The normalized spacial score (nSPS) is 10.9. The second-order valence-electron chi connectivity index (χ2n) is 6.35. The monoisotopic (exact) mass is 386 g/mol. The van der Waals surface area contributed by atoms with E-state index in [4.69, 9.17) is 4.74 Å². The van der Waals surface area contributed by atoms with E-state index >= 15 is 0 Å². The third kappa shape index (κ3) is 3.66. The predicted molar refractivity (Wildman–Crippen MR) is 101 cm³/mol. The number of aromatic amines is 1. The Kier molecular flexibility index (Phi) is 5.30. The van der Waals surface area contributed by atoms with Crippen LogP contribution in [0.3, 0.4) is 0 Å². The first kappa shape index (κ1) is 19.3. The van der Waals surface area contributed by atoms with Gasteiger partial charge in [-0.3, -0.25) is 14.9 Å². The Labute approximate surface area is 160 Å². The van der Waals surface area contributed by atoms with E-state index in [1.54, 1.807) is 25.1 Å². The average Bonchev–Trinajstić information content (AvgIpc) is 3.04. The van der Waals surface area contributed by atoms with Crippen LogP contribution in [-0.4, -0.2) is 23.0 Å². The predicted octanol–water partition coefficient (Wildman–Crippen LogP) is 4.59. The number of methoxy groups -OCH3 is 1. The molecule has 0 aliphatic carbocycles. The third-order valence-corrected chi connectivity index (χ3v) is 4.42. The van der Waals surface area contributed by atoms with E-state index in [9.17, 15) is 19.3 Å². The third-order valence-electron chi connectivity index (χ3n) is 4.42. The van der Waals surface area contributed by atoms with E-state index in [-0.39, 0.29) is 34.7 Å². The molecule has 146 valence electrons. The summed E-state index contributed by atoms with van der Waals surface area (Å²) in [5.74, 6) is -0.819. The van der Waals surface area contributed by atoms with Crippen molar-refractivity contribution in [2.45, 2.75) is 26.7 Å². The van der Waals surface area contributed by atoms with Crippen LogP contribution in [-0.2, 0) is 22.4 Å². The molecule has 2 aromatic carbocycles. The first-order valence-corrected chi connectivity index (χ1v) is 8.66. The number of nitro benzene ring substituents is 1. The van der Waals surface area contributed by atoms with Crippen molar-refractivity contribution in [3.63, 3.8) is 0 Å². The molecule has 0 aliphatic rings. The highest BCUT2D eigenvalue weighted by atomic mass is 19.1. The van der Waals surface area contributed by atoms with Gasteiger partial charge < -0.3 is 14.5 Å². The highest BCUT2D eigenvalue weighted by molar-refractivity contribution is 5.93. The molecule has 0 aliphatic heterocycles. The number of carbonyl (C=O) groups excluding carboxylic acids is 1. The summed E-state index contributed by atoms with van der Waals surface area (Å²) >= 11 is 0. The first-order valence-electron chi connectivity index (χ1n) is 8.66. The fraction of sp³-hybridized carbons (Fsp3) is 0.250. The smallest absolute Gasteiger partial charge is 0.321 e. The molecule has 0 atom stereocenters. The van der Waals surface area contributed by atoms with Crippen molar-refractivity contribution < 1.29 is 23.6 Å². The van der Waals surface area contributed by atoms with Gasteiger partial charge in [0.25, 0.3) is 0 Å². The number of aromatic nitrogens is 1. The number of ether oxygens (including phenoxy) is 2. The molecule has 0 spiro atoms. The molecule has 0 bridgehead atoms. The van der Waals surface area contributed by atoms with Crippen molar-refractivity contribution in [2.75, 3.05) is 7.11 Å². The van der Waals surface area contributed by atoms with Gasteiger partial charge >= 0.3 is 11.7 Å². The van der Waals surface area contributed by atoms with Crippen LogP contribution < -0.4 is 4.74 Å². The van der Waals surface area contributed by atoms with Crippen LogP contribution in [0.4, 0.5) is 10.1 Å². The molecule has 7 nitrogen and oxygen atoms in total. The molecule has 3 aromatic rings. The summed E-state index contributed by atoms with van der Waals surface area (Å²) in [5, 5.41) is 11.8. The molecular weight excluding hydrogens is 367 g/mol. The van der Waals surface area contributed by atoms with E-state index in [0.29, 0.717) is 17.9 Å². The molecule has 0 saturated carbocycles. The largest absolute Gasteiger partial charge is 0.469 e. The van der Waals surface area contributed by atoms with Crippen LogP contribution in [0.1, 0.15) is 23.7 Å². The number of nitro groups is 1. The molecule has 8 heteroatoms. The van der Waals surface area contributed by atoms with Gasteiger partial charge in [0.1, 0.15) is 5.75 Å². The van der Waals surface area contributed by atoms with Crippen molar-refractivity contribution in [1.82, 2.24) is 4.98 Å². The molecule has 0 unspecified atom stereocenters. The summed E-state index contributed by atoms with van der Waals surface area (Å²) in [6.45, 7) is 3.58. The standard InChI is InChI=1S/C20H19FN2O5/c1-4-13-8-12(9-18(24)27-3)5-6-16(13)28-17-10-15(21)19-14(7-11(2)22-19)20(17)23(25)26/h5-8,10,22H,4,9H2,1-3H3. The van der Waals surface area contributed by atoms with Crippen LogP contribution in [0.2, 0.25) is 0 Å². The molecule has 1 heterocycles. The lowest BCUT2D eigenvalue weighted by molar-refractivity contribution is -0.383. The van der Waals surface area contributed by atoms with Gasteiger partial charge in [-0.2, -0.15) is 0 Å². The SMILES string of the molecule is CCc1cc(CC(=O)OC)ccc1Oc1cc(F)c2[nH]c(C)cc2c1[N+](=O)[O-].